The number of hydrogen-bond acceptors (Lipinski definition) is 3. The van der Waals surface area contributed by atoms with Gasteiger partial charge in [0.05, 0.1) is 7.11 Å². The van der Waals surface area contributed by atoms with Gasteiger partial charge in [-0.05, 0) is 31.0 Å². The van der Waals surface area contributed by atoms with E-state index in [1.54, 1.807) is 14.2 Å². The van der Waals surface area contributed by atoms with E-state index in [9.17, 15) is 13.2 Å². The number of nitrogens with one attached hydrogen (secondary N) is 1. The first-order chi connectivity index (χ1) is 12.3. The Labute approximate surface area is 152 Å². The van der Waals surface area contributed by atoms with Gasteiger partial charge in [-0.15, -0.1) is 0 Å². The molecule has 0 saturated carbocycles. The Hall–Kier alpha value is -1.96. The van der Waals surface area contributed by atoms with Crippen LogP contribution < -0.4 is 10.1 Å². The molecule has 0 spiro atoms. The van der Waals surface area contributed by atoms with E-state index in [1.165, 1.54) is 11.8 Å². The number of guanidine groups is 1. The van der Waals surface area contributed by atoms with Crippen molar-refractivity contribution in [3.8, 4) is 5.75 Å². The van der Waals surface area contributed by atoms with E-state index >= 15 is 0 Å². The number of piperazine rings is 1. The van der Waals surface area contributed by atoms with Gasteiger partial charge in [-0.1, -0.05) is 12.1 Å². The Morgan fingerprint density at radius 1 is 1.27 bits per heavy atom. The average Bonchev–Trinajstić information content (AvgIpc) is 2.64. The molecule has 2 rings (SSSR count). The molecule has 1 fully saturated rings. The van der Waals surface area contributed by atoms with E-state index in [4.69, 9.17) is 4.74 Å². The molecule has 0 radical (unpaired) electrons. The molecular weight excluding hydrogens is 345 g/mol. The number of nitrogens with zero attached hydrogens (tertiary/aromatic N) is 3. The Balaban J connectivity index is 1.81. The minimum absolute atomic E-state index is 0.372. The van der Waals surface area contributed by atoms with Crippen molar-refractivity contribution < 1.29 is 17.9 Å². The topological polar surface area (TPSA) is 40.1 Å². The van der Waals surface area contributed by atoms with Crippen molar-refractivity contribution in [1.29, 1.82) is 0 Å². The summed E-state index contributed by atoms with van der Waals surface area (Å²) in [6.07, 6.45) is -3.37. The zero-order chi connectivity index (χ0) is 19.2. The summed E-state index contributed by atoms with van der Waals surface area (Å²) in [5.74, 6) is 1.55. The molecule has 0 bridgehead atoms. The van der Waals surface area contributed by atoms with E-state index in [2.05, 4.69) is 10.3 Å². The molecule has 8 heteroatoms. The first-order valence-electron chi connectivity index (χ1n) is 8.74. The van der Waals surface area contributed by atoms with Crippen molar-refractivity contribution in [3.63, 3.8) is 0 Å². The second-order valence-corrected chi connectivity index (χ2v) is 6.32. The Morgan fingerprint density at radius 3 is 2.54 bits per heavy atom. The molecule has 1 heterocycles. The minimum Gasteiger partial charge on any atom is -0.497 e. The maximum atomic E-state index is 12.8. The maximum Gasteiger partial charge on any atom is 0.403 e. The van der Waals surface area contributed by atoms with Gasteiger partial charge in [-0.25, -0.2) is 0 Å². The third-order valence-electron chi connectivity index (χ3n) is 4.68. The standard InChI is InChI=1S/C18H27F3N4O/c1-14(18(19,20)21)24-9-11-25(12-10-24)17(22-2)23-8-7-15-5-4-6-16(13-15)26-3/h4-6,13-14H,7-12H2,1-3H3,(H,22,23). The van der Waals surface area contributed by atoms with Crippen LogP contribution in [-0.2, 0) is 6.42 Å². The molecule has 1 saturated heterocycles. The largest absolute Gasteiger partial charge is 0.497 e. The highest BCUT2D eigenvalue weighted by molar-refractivity contribution is 5.80. The van der Waals surface area contributed by atoms with Crippen molar-refractivity contribution in [3.05, 3.63) is 29.8 Å². The Morgan fingerprint density at radius 2 is 1.96 bits per heavy atom. The smallest absolute Gasteiger partial charge is 0.403 e. The van der Waals surface area contributed by atoms with E-state index < -0.39 is 12.2 Å². The molecule has 0 aliphatic carbocycles. The number of rotatable bonds is 5. The molecule has 146 valence electrons. The number of hydrogen-bond donors (Lipinski definition) is 1. The average molecular weight is 372 g/mol. The van der Waals surface area contributed by atoms with Crippen LogP contribution in [0, 0.1) is 0 Å². The third kappa shape index (κ3) is 5.52. The van der Waals surface area contributed by atoms with E-state index in [0.29, 0.717) is 32.7 Å². The van der Waals surface area contributed by atoms with Crippen LogP contribution in [0.1, 0.15) is 12.5 Å². The number of ether oxygens (including phenoxy) is 1. The van der Waals surface area contributed by atoms with Crippen molar-refractivity contribution in [2.75, 3.05) is 46.9 Å². The first kappa shape index (κ1) is 20.4. The van der Waals surface area contributed by atoms with Crippen LogP contribution in [0.15, 0.2) is 29.3 Å². The van der Waals surface area contributed by atoms with Gasteiger partial charge < -0.3 is 15.0 Å². The fourth-order valence-corrected chi connectivity index (χ4v) is 3.01. The van der Waals surface area contributed by atoms with Crippen LogP contribution in [0.25, 0.3) is 0 Å². The second-order valence-electron chi connectivity index (χ2n) is 6.32. The van der Waals surface area contributed by atoms with E-state index in [-0.39, 0.29) is 0 Å². The van der Waals surface area contributed by atoms with Gasteiger partial charge >= 0.3 is 6.18 Å². The Bertz CT molecular complexity index is 598. The first-order valence-corrected chi connectivity index (χ1v) is 8.74. The highest BCUT2D eigenvalue weighted by Gasteiger charge is 2.41. The summed E-state index contributed by atoms with van der Waals surface area (Å²) >= 11 is 0. The zero-order valence-corrected chi connectivity index (χ0v) is 15.5. The fraction of sp³-hybridized carbons (Fsp3) is 0.611. The molecule has 26 heavy (non-hydrogen) atoms. The van der Waals surface area contributed by atoms with E-state index in [0.717, 1.165) is 23.7 Å². The number of aliphatic imine (C=N–C) groups is 1. The SMILES string of the molecule is CN=C(NCCc1cccc(OC)c1)N1CCN(C(C)C(F)(F)F)CC1. The summed E-state index contributed by atoms with van der Waals surface area (Å²) < 4.78 is 43.7. The van der Waals surface area contributed by atoms with Gasteiger partial charge in [0.2, 0.25) is 0 Å². The lowest BCUT2D eigenvalue weighted by Crippen LogP contribution is -2.56. The van der Waals surface area contributed by atoms with Crippen LogP contribution in [0.5, 0.6) is 5.75 Å². The van der Waals surface area contributed by atoms with Crippen molar-refractivity contribution in [2.45, 2.75) is 25.6 Å². The summed E-state index contributed by atoms with van der Waals surface area (Å²) in [5, 5.41) is 3.29. The molecule has 1 aliphatic heterocycles. The molecule has 1 N–H and O–H groups in total. The van der Waals surface area contributed by atoms with E-state index in [1.807, 2.05) is 29.2 Å². The summed E-state index contributed by atoms with van der Waals surface area (Å²) in [6.45, 7) is 3.71. The predicted octanol–water partition coefficient (Wildman–Crippen LogP) is 2.38. The monoisotopic (exact) mass is 372 g/mol. The van der Waals surface area contributed by atoms with Crippen LogP contribution >= 0.6 is 0 Å². The molecular formula is C18H27F3N4O. The maximum absolute atomic E-state index is 12.8. The van der Waals surface area contributed by atoms with Crippen molar-refractivity contribution in [2.24, 2.45) is 4.99 Å². The lowest BCUT2D eigenvalue weighted by atomic mass is 10.1. The third-order valence-corrected chi connectivity index (χ3v) is 4.68. The highest BCUT2D eigenvalue weighted by Crippen LogP contribution is 2.25. The van der Waals surface area contributed by atoms with Gasteiger partial charge in [-0.3, -0.25) is 9.89 Å². The molecule has 0 amide bonds. The van der Waals surface area contributed by atoms with Crippen molar-refractivity contribution >= 4 is 5.96 Å². The number of methoxy groups -OCH3 is 1. The van der Waals surface area contributed by atoms with Gasteiger partial charge in [0.15, 0.2) is 5.96 Å². The Kier molecular flexibility index (Phi) is 7.14. The quantitative estimate of drug-likeness (QED) is 0.636. The number of alkyl halides is 3. The molecule has 1 unspecified atom stereocenters. The lowest BCUT2D eigenvalue weighted by Gasteiger charge is -2.39. The van der Waals surface area contributed by atoms with Crippen molar-refractivity contribution in [1.82, 2.24) is 15.1 Å². The normalized spacial score (nSPS) is 17.9. The summed E-state index contributed by atoms with van der Waals surface area (Å²) in [6, 6.07) is 6.46. The molecule has 1 aromatic rings. The number of halogens is 3. The van der Waals surface area contributed by atoms with Crippen LogP contribution in [-0.4, -0.2) is 74.9 Å². The summed E-state index contributed by atoms with van der Waals surface area (Å²) in [5.41, 5.74) is 1.15. The van der Waals surface area contributed by atoms with Crippen LogP contribution in [0.2, 0.25) is 0 Å². The molecule has 1 atom stereocenters. The summed E-state index contributed by atoms with van der Waals surface area (Å²) in [4.78, 5) is 7.74. The van der Waals surface area contributed by atoms with Gasteiger partial charge in [0.25, 0.3) is 0 Å². The van der Waals surface area contributed by atoms with Gasteiger partial charge in [-0.2, -0.15) is 13.2 Å². The highest BCUT2D eigenvalue weighted by atomic mass is 19.4. The lowest BCUT2D eigenvalue weighted by molar-refractivity contribution is -0.181. The molecule has 0 aromatic heterocycles. The second kappa shape index (κ2) is 9.12. The predicted molar refractivity (Wildman–Crippen MR) is 96.7 cm³/mol. The minimum atomic E-state index is -4.18. The van der Waals surface area contributed by atoms with Gasteiger partial charge in [0.1, 0.15) is 11.8 Å². The molecule has 1 aromatic carbocycles. The summed E-state index contributed by atoms with van der Waals surface area (Å²) in [7, 11) is 3.33. The van der Waals surface area contributed by atoms with Crippen LogP contribution in [0.3, 0.4) is 0 Å². The fourth-order valence-electron chi connectivity index (χ4n) is 3.01. The van der Waals surface area contributed by atoms with Crippen LogP contribution in [0.4, 0.5) is 13.2 Å². The number of benzene rings is 1. The molecule has 1 aliphatic rings. The zero-order valence-electron chi connectivity index (χ0n) is 15.5. The van der Waals surface area contributed by atoms with Gasteiger partial charge in [0, 0.05) is 39.8 Å². The molecule has 5 nitrogen and oxygen atoms in total.